The fraction of sp³-hybridized carbons (Fsp3) is 0.300. The molecule has 0 fully saturated rings. The molecule has 6 heteroatoms. The second kappa shape index (κ2) is 6.10. The third-order valence-electron chi connectivity index (χ3n) is 1.95. The Morgan fingerprint density at radius 1 is 1.44 bits per heavy atom. The molecule has 1 atom stereocenters. The summed E-state index contributed by atoms with van der Waals surface area (Å²) in [6, 6.07) is 3.40. The highest BCUT2D eigenvalue weighted by molar-refractivity contribution is 9.10. The summed E-state index contributed by atoms with van der Waals surface area (Å²) in [4.78, 5) is 11.2. The first-order valence-corrected chi connectivity index (χ1v) is 6.29. The molecule has 1 aromatic rings. The van der Waals surface area contributed by atoms with E-state index in [2.05, 4.69) is 20.7 Å². The topological polar surface area (TPSA) is 26.3 Å². The van der Waals surface area contributed by atoms with Gasteiger partial charge in [-0.1, -0.05) is 39.1 Å². The average Bonchev–Trinajstić information content (AvgIpc) is 2.21. The molecule has 0 aliphatic carbocycles. The summed E-state index contributed by atoms with van der Waals surface area (Å²) in [5, 5.41) is 0.143. The number of carbonyl (C=O) groups excluding carboxylic acids is 1. The van der Waals surface area contributed by atoms with Crippen LogP contribution in [0.5, 0.6) is 0 Å². The Morgan fingerprint density at radius 2 is 1.94 bits per heavy atom. The maximum absolute atomic E-state index is 11.2. The predicted octanol–water partition coefficient (Wildman–Crippen LogP) is 4.08. The second-order valence-electron chi connectivity index (χ2n) is 3.04. The van der Waals surface area contributed by atoms with E-state index in [-0.39, 0.29) is 6.42 Å². The Kier molecular flexibility index (Phi) is 5.38. The van der Waals surface area contributed by atoms with Crippen molar-refractivity contribution in [3.05, 3.63) is 32.2 Å². The Bertz CT molecular complexity index is 386. The molecule has 88 valence electrons. The molecule has 0 spiro atoms. The first-order chi connectivity index (χ1) is 7.45. The zero-order valence-corrected chi connectivity index (χ0v) is 12.1. The Morgan fingerprint density at radius 3 is 2.38 bits per heavy atom. The molecular formula is C10H8BrCl3O2. The monoisotopic (exact) mass is 344 g/mol. The van der Waals surface area contributed by atoms with Gasteiger partial charge in [0.2, 0.25) is 0 Å². The highest BCUT2D eigenvalue weighted by atomic mass is 79.9. The van der Waals surface area contributed by atoms with E-state index < -0.39 is 11.3 Å². The van der Waals surface area contributed by atoms with E-state index in [0.717, 1.165) is 4.47 Å². The van der Waals surface area contributed by atoms with Crippen molar-refractivity contribution in [2.24, 2.45) is 0 Å². The maximum Gasteiger partial charge on any atom is 0.324 e. The summed E-state index contributed by atoms with van der Waals surface area (Å²) in [6.45, 7) is 0. The zero-order chi connectivity index (χ0) is 12.3. The van der Waals surface area contributed by atoms with Crippen LogP contribution in [0.2, 0.25) is 10.0 Å². The van der Waals surface area contributed by atoms with E-state index >= 15 is 0 Å². The first-order valence-electron chi connectivity index (χ1n) is 4.31. The number of halogens is 4. The second-order valence-corrected chi connectivity index (χ2v) is 5.30. The summed E-state index contributed by atoms with van der Waals surface area (Å²) in [5.74, 6) is -0.503. The van der Waals surface area contributed by atoms with Gasteiger partial charge in [-0.2, -0.15) is 0 Å². The Hall–Kier alpha value is 0.0400. The third-order valence-corrected chi connectivity index (χ3v) is 3.41. The van der Waals surface area contributed by atoms with Crippen LogP contribution in [0.25, 0.3) is 0 Å². The summed E-state index contributed by atoms with van der Waals surface area (Å²) < 4.78 is 5.29. The SMILES string of the molecule is COC(=O)C(Cl)Cc1c(Cl)cc(Br)cc1Cl. The molecule has 1 rings (SSSR count). The molecule has 0 N–H and O–H groups in total. The number of methoxy groups -OCH3 is 1. The molecule has 2 nitrogen and oxygen atoms in total. The van der Waals surface area contributed by atoms with Gasteiger partial charge in [0.1, 0.15) is 5.38 Å². The van der Waals surface area contributed by atoms with Gasteiger partial charge in [0.15, 0.2) is 0 Å². The van der Waals surface area contributed by atoms with Gasteiger partial charge in [0.05, 0.1) is 7.11 Å². The van der Waals surface area contributed by atoms with Crippen molar-refractivity contribution in [3.63, 3.8) is 0 Å². The van der Waals surface area contributed by atoms with Crippen molar-refractivity contribution in [3.8, 4) is 0 Å². The van der Waals surface area contributed by atoms with Gasteiger partial charge in [-0.3, -0.25) is 4.79 Å². The summed E-state index contributed by atoms with van der Waals surface area (Å²) in [7, 11) is 1.28. The number of rotatable bonds is 3. The normalized spacial score (nSPS) is 12.3. The van der Waals surface area contributed by atoms with Gasteiger partial charge < -0.3 is 4.74 Å². The molecule has 0 bridgehead atoms. The van der Waals surface area contributed by atoms with E-state index in [9.17, 15) is 4.79 Å². The number of carbonyl (C=O) groups is 1. The highest BCUT2D eigenvalue weighted by Gasteiger charge is 2.19. The van der Waals surface area contributed by atoms with Crippen molar-refractivity contribution < 1.29 is 9.53 Å². The van der Waals surface area contributed by atoms with Crippen LogP contribution in [-0.4, -0.2) is 18.5 Å². The smallest absolute Gasteiger partial charge is 0.324 e. The number of esters is 1. The predicted molar refractivity (Wildman–Crippen MR) is 69.5 cm³/mol. The lowest BCUT2D eigenvalue weighted by Crippen LogP contribution is -2.19. The minimum Gasteiger partial charge on any atom is -0.468 e. The van der Waals surface area contributed by atoms with Crippen molar-refractivity contribution in [1.29, 1.82) is 0 Å². The molecule has 1 aromatic carbocycles. The molecule has 1 unspecified atom stereocenters. The van der Waals surface area contributed by atoms with Crippen LogP contribution in [-0.2, 0) is 16.0 Å². The quantitative estimate of drug-likeness (QED) is 0.609. The van der Waals surface area contributed by atoms with Crippen LogP contribution in [0.15, 0.2) is 16.6 Å². The molecule has 0 amide bonds. The van der Waals surface area contributed by atoms with Crippen LogP contribution in [0, 0.1) is 0 Å². The maximum atomic E-state index is 11.2. The molecule has 0 saturated heterocycles. The molecule has 0 heterocycles. The molecule has 16 heavy (non-hydrogen) atoms. The van der Waals surface area contributed by atoms with Gasteiger partial charge in [-0.25, -0.2) is 0 Å². The van der Waals surface area contributed by atoms with E-state index in [1.165, 1.54) is 7.11 Å². The molecular weight excluding hydrogens is 338 g/mol. The third kappa shape index (κ3) is 3.52. The largest absolute Gasteiger partial charge is 0.468 e. The van der Waals surface area contributed by atoms with Crippen LogP contribution in [0.4, 0.5) is 0 Å². The first kappa shape index (κ1) is 14.1. The van der Waals surface area contributed by atoms with Crippen LogP contribution >= 0.6 is 50.7 Å². The minimum absolute atomic E-state index is 0.235. The number of alkyl halides is 1. The lowest BCUT2D eigenvalue weighted by atomic mass is 10.1. The lowest BCUT2D eigenvalue weighted by molar-refractivity contribution is -0.140. The summed E-state index contributed by atoms with van der Waals surface area (Å²) >= 11 is 21.1. The van der Waals surface area contributed by atoms with Gasteiger partial charge in [0, 0.05) is 20.9 Å². The van der Waals surface area contributed by atoms with E-state index in [1.807, 2.05) is 0 Å². The van der Waals surface area contributed by atoms with E-state index in [0.29, 0.717) is 15.6 Å². The van der Waals surface area contributed by atoms with Crippen molar-refractivity contribution in [1.82, 2.24) is 0 Å². The van der Waals surface area contributed by atoms with Gasteiger partial charge >= 0.3 is 5.97 Å². The van der Waals surface area contributed by atoms with Crippen molar-refractivity contribution in [2.45, 2.75) is 11.8 Å². The molecule has 0 aliphatic heterocycles. The number of hydrogen-bond donors (Lipinski definition) is 0. The number of hydrogen-bond acceptors (Lipinski definition) is 2. The Balaban J connectivity index is 2.93. The highest BCUT2D eigenvalue weighted by Crippen LogP contribution is 2.30. The number of benzene rings is 1. The van der Waals surface area contributed by atoms with E-state index in [4.69, 9.17) is 34.8 Å². The molecule has 0 saturated carbocycles. The fourth-order valence-corrected chi connectivity index (χ4v) is 2.76. The summed E-state index contributed by atoms with van der Waals surface area (Å²) in [5.41, 5.74) is 0.636. The van der Waals surface area contributed by atoms with Crippen LogP contribution in [0.1, 0.15) is 5.56 Å². The number of ether oxygens (including phenoxy) is 1. The van der Waals surface area contributed by atoms with E-state index in [1.54, 1.807) is 12.1 Å². The standard InChI is InChI=1S/C10H8BrCl3O2/c1-16-10(15)9(14)4-6-7(12)2-5(11)3-8(6)13/h2-3,9H,4H2,1H3. The van der Waals surface area contributed by atoms with Crippen molar-refractivity contribution >= 4 is 56.7 Å². The zero-order valence-electron chi connectivity index (χ0n) is 8.27. The minimum atomic E-state index is -0.791. The van der Waals surface area contributed by atoms with Gasteiger partial charge in [-0.05, 0) is 17.7 Å². The molecule has 0 radical (unpaired) electrons. The van der Waals surface area contributed by atoms with Crippen LogP contribution < -0.4 is 0 Å². The van der Waals surface area contributed by atoms with Gasteiger partial charge in [-0.15, -0.1) is 11.6 Å². The average molecular weight is 346 g/mol. The molecule has 0 aromatic heterocycles. The fourth-order valence-electron chi connectivity index (χ4n) is 1.16. The van der Waals surface area contributed by atoms with Gasteiger partial charge in [0.25, 0.3) is 0 Å². The van der Waals surface area contributed by atoms with Crippen molar-refractivity contribution in [2.75, 3.05) is 7.11 Å². The molecule has 0 aliphatic rings. The lowest BCUT2D eigenvalue weighted by Gasteiger charge is -2.11. The summed E-state index contributed by atoms with van der Waals surface area (Å²) in [6.07, 6.45) is 0.235. The van der Waals surface area contributed by atoms with Crippen LogP contribution in [0.3, 0.4) is 0 Å². The Labute approximate surface area is 117 Å².